The molecule has 0 spiro atoms. The van der Waals surface area contributed by atoms with E-state index in [1.807, 2.05) is 18.2 Å². The Morgan fingerprint density at radius 1 is 0.929 bits per heavy atom. The number of anilines is 2. The van der Waals surface area contributed by atoms with Crippen molar-refractivity contribution in [1.82, 2.24) is 0 Å². The molecule has 0 saturated heterocycles. The molecule has 7 heteroatoms. The molecule has 6 nitrogen and oxygen atoms in total. The highest BCUT2D eigenvalue weighted by atomic mass is 32.2. The van der Waals surface area contributed by atoms with Crippen LogP contribution < -0.4 is 14.8 Å². The van der Waals surface area contributed by atoms with Crippen LogP contribution in [0.1, 0.15) is 15.9 Å². The maximum absolute atomic E-state index is 12.6. The van der Waals surface area contributed by atoms with E-state index in [2.05, 4.69) is 10.0 Å². The second-order valence-electron chi connectivity index (χ2n) is 6.13. The first-order valence-electron chi connectivity index (χ1n) is 8.53. The number of sulfonamides is 1. The van der Waals surface area contributed by atoms with E-state index in [4.69, 9.17) is 4.74 Å². The Kier molecular flexibility index (Phi) is 5.65. The molecule has 0 bridgehead atoms. The third kappa shape index (κ3) is 4.50. The molecular weight excluding hydrogens is 376 g/mol. The molecule has 2 N–H and O–H groups in total. The van der Waals surface area contributed by atoms with Crippen molar-refractivity contribution in [3.05, 3.63) is 83.9 Å². The average molecular weight is 396 g/mol. The fourth-order valence-corrected chi connectivity index (χ4v) is 3.73. The van der Waals surface area contributed by atoms with Crippen LogP contribution >= 0.6 is 0 Å². The van der Waals surface area contributed by atoms with Gasteiger partial charge in [-0.05, 0) is 67.1 Å². The van der Waals surface area contributed by atoms with E-state index in [1.54, 1.807) is 49.4 Å². The summed E-state index contributed by atoms with van der Waals surface area (Å²) in [5.74, 6) is 0.308. The van der Waals surface area contributed by atoms with E-state index in [9.17, 15) is 13.2 Å². The Balaban J connectivity index is 1.77. The maximum Gasteiger partial charge on any atom is 0.261 e. The molecule has 0 radical (unpaired) electrons. The zero-order valence-electron chi connectivity index (χ0n) is 15.5. The van der Waals surface area contributed by atoms with Crippen molar-refractivity contribution < 1.29 is 17.9 Å². The van der Waals surface area contributed by atoms with Gasteiger partial charge in [0, 0.05) is 11.3 Å². The highest BCUT2D eigenvalue weighted by Gasteiger charge is 2.16. The van der Waals surface area contributed by atoms with E-state index >= 15 is 0 Å². The summed E-state index contributed by atoms with van der Waals surface area (Å²) in [6.07, 6.45) is 0. The van der Waals surface area contributed by atoms with E-state index in [1.165, 1.54) is 19.2 Å². The lowest BCUT2D eigenvalue weighted by Crippen LogP contribution is -2.15. The van der Waals surface area contributed by atoms with Gasteiger partial charge in [-0.1, -0.05) is 18.2 Å². The van der Waals surface area contributed by atoms with Gasteiger partial charge >= 0.3 is 0 Å². The number of aryl methyl sites for hydroxylation is 1. The van der Waals surface area contributed by atoms with Crippen LogP contribution in [-0.2, 0) is 10.0 Å². The van der Waals surface area contributed by atoms with Crippen LogP contribution in [0.2, 0.25) is 0 Å². The lowest BCUT2D eigenvalue weighted by Gasteiger charge is -2.12. The predicted octanol–water partition coefficient (Wildman–Crippen LogP) is 4.06. The number of hydrogen-bond acceptors (Lipinski definition) is 4. The topological polar surface area (TPSA) is 84.5 Å². The highest BCUT2D eigenvalue weighted by Crippen LogP contribution is 2.23. The molecule has 0 aliphatic heterocycles. The number of rotatable bonds is 6. The zero-order valence-corrected chi connectivity index (χ0v) is 16.3. The minimum absolute atomic E-state index is 0.124. The second kappa shape index (κ2) is 8.14. The van der Waals surface area contributed by atoms with Crippen LogP contribution in [0, 0.1) is 6.92 Å². The predicted molar refractivity (Wildman–Crippen MR) is 109 cm³/mol. The molecule has 3 aromatic rings. The number of nitrogens with one attached hydrogen (secondary N) is 2. The van der Waals surface area contributed by atoms with Crippen LogP contribution in [-0.4, -0.2) is 21.4 Å². The van der Waals surface area contributed by atoms with Gasteiger partial charge in [-0.3, -0.25) is 9.52 Å². The fraction of sp³-hybridized carbons (Fsp3) is 0.0952. The van der Waals surface area contributed by atoms with Crippen molar-refractivity contribution in [2.45, 2.75) is 11.8 Å². The van der Waals surface area contributed by atoms with Crippen molar-refractivity contribution >= 4 is 27.3 Å². The molecule has 28 heavy (non-hydrogen) atoms. The third-order valence-corrected chi connectivity index (χ3v) is 5.52. The van der Waals surface area contributed by atoms with Crippen LogP contribution in [0.15, 0.2) is 77.7 Å². The first-order chi connectivity index (χ1) is 13.4. The fourth-order valence-electron chi connectivity index (χ4n) is 2.60. The van der Waals surface area contributed by atoms with Crippen LogP contribution in [0.4, 0.5) is 11.4 Å². The largest absolute Gasteiger partial charge is 0.497 e. The Labute approximate surface area is 164 Å². The minimum atomic E-state index is -3.75. The lowest BCUT2D eigenvalue weighted by atomic mass is 10.1. The van der Waals surface area contributed by atoms with Gasteiger partial charge in [0.15, 0.2) is 0 Å². The summed E-state index contributed by atoms with van der Waals surface area (Å²) >= 11 is 0. The number of ether oxygens (including phenoxy) is 1. The Bertz CT molecular complexity index is 1080. The van der Waals surface area contributed by atoms with Crippen molar-refractivity contribution in [3.8, 4) is 5.75 Å². The number of amides is 1. The normalized spacial score (nSPS) is 10.9. The van der Waals surface area contributed by atoms with E-state index in [-0.39, 0.29) is 10.8 Å². The summed E-state index contributed by atoms with van der Waals surface area (Å²) in [7, 11) is -2.23. The summed E-state index contributed by atoms with van der Waals surface area (Å²) in [5.41, 5.74) is 2.17. The number of carbonyl (C=O) groups excluding carboxylic acids is 1. The zero-order chi connectivity index (χ0) is 20.1. The second-order valence-corrected chi connectivity index (χ2v) is 7.81. The average Bonchev–Trinajstić information content (AvgIpc) is 2.70. The van der Waals surface area contributed by atoms with Gasteiger partial charge in [0.25, 0.3) is 15.9 Å². The first-order valence-corrected chi connectivity index (χ1v) is 10.0. The third-order valence-electron chi connectivity index (χ3n) is 4.13. The van der Waals surface area contributed by atoms with Gasteiger partial charge in [0.05, 0.1) is 17.7 Å². The first kappa shape index (κ1) is 19.4. The standard InChI is InChI=1S/C21H20N2O4S/c1-15-14-16(21(24)22-17-6-4-3-5-7-17)8-13-20(15)23-28(25,26)19-11-9-18(27-2)10-12-19/h3-14,23H,1-2H3,(H,22,24). The monoisotopic (exact) mass is 396 g/mol. The van der Waals surface area contributed by atoms with E-state index < -0.39 is 10.0 Å². The summed E-state index contributed by atoms with van der Waals surface area (Å²) in [6, 6.07) is 20.0. The number of hydrogen-bond donors (Lipinski definition) is 2. The van der Waals surface area contributed by atoms with Gasteiger partial charge in [0.2, 0.25) is 0 Å². The van der Waals surface area contributed by atoms with Gasteiger partial charge in [-0.2, -0.15) is 0 Å². The smallest absolute Gasteiger partial charge is 0.261 e. The quantitative estimate of drug-likeness (QED) is 0.658. The van der Waals surface area contributed by atoms with Crippen molar-refractivity contribution in [2.24, 2.45) is 0 Å². The van der Waals surface area contributed by atoms with Gasteiger partial charge in [-0.15, -0.1) is 0 Å². The minimum Gasteiger partial charge on any atom is -0.497 e. The Morgan fingerprint density at radius 2 is 1.61 bits per heavy atom. The van der Waals surface area contributed by atoms with Gasteiger partial charge in [-0.25, -0.2) is 8.42 Å². The van der Waals surface area contributed by atoms with E-state index in [0.29, 0.717) is 28.3 Å². The molecule has 3 rings (SSSR count). The highest BCUT2D eigenvalue weighted by molar-refractivity contribution is 7.92. The molecular formula is C21H20N2O4S. The molecule has 3 aromatic carbocycles. The summed E-state index contributed by atoms with van der Waals surface area (Å²) in [4.78, 5) is 12.5. The number of para-hydroxylation sites is 1. The molecule has 0 fully saturated rings. The van der Waals surface area contributed by atoms with Crippen molar-refractivity contribution in [1.29, 1.82) is 0 Å². The Hall–Kier alpha value is -3.32. The molecule has 0 unspecified atom stereocenters. The van der Waals surface area contributed by atoms with Crippen LogP contribution in [0.25, 0.3) is 0 Å². The molecule has 0 aromatic heterocycles. The SMILES string of the molecule is COc1ccc(S(=O)(=O)Nc2ccc(C(=O)Nc3ccccc3)cc2C)cc1. The molecule has 144 valence electrons. The summed E-state index contributed by atoms with van der Waals surface area (Å²) < 4.78 is 32.8. The Morgan fingerprint density at radius 3 is 2.21 bits per heavy atom. The molecule has 0 saturated carbocycles. The summed E-state index contributed by atoms with van der Waals surface area (Å²) in [6.45, 7) is 1.74. The van der Waals surface area contributed by atoms with Crippen molar-refractivity contribution in [2.75, 3.05) is 17.1 Å². The molecule has 0 atom stereocenters. The number of benzene rings is 3. The molecule has 0 heterocycles. The van der Waals surface area contributed by atoms with Gasteiger partial charge in [0.1, 0.15) is 5.75 Å². The maximum atomic E-state index is 12.6. The van der Waals surface area contributed by atoms with Crippen LogP contribution in [0.5, 0.6) is 5.75 Å². The number of methoxy groups -OCH3 is 1. The van der Waals surface area contributed by atoms with Crippen molar-refractivity contribution in [3.63, 3.8) is 0 Å². The molecule has 0 aliphatic carbocycles. The van der Waals surface area contributed by atoms with Crippen LogP contribution in [0.3, 0.4) is 0 Å². The van der Waals surface area contributed by atoms with Gasteiger partial charge < -0.3 is 10.1 Å². The molecule has 0 aliphatic rings. The lowest BCUT2D eigenvalue weighted by molar-refractivity contribution is 0.102. The number of carbonyl (C=O) groups is 1. The van der Waals surface area contributed by atoms with E-state index in [0.717, 1.165) is 0 Å². The molecule has 1 amide bonds. The summed E-state index contributed by atoms with van der Waals surface area (Å²) in [5, 5.41) is 2.80.